The fourth-order valence-electron chi connectivity index (χ4n) is 4.43. The summed E-state index contributed by atoms with van der Waals surface area (Å²) in [5.74, 6) is 0.923. The fraction of sp³-hybridized carbons (Fsp3) is 0.308. The number of nitrogens with zero attached hydrogens (tertiary/aromatic N) is 2. The van der Waals surface area contributed by atoms with Crippen LogP contribution in [-0.4, -0.2) is 7.05 Å². The van der Waals surface area contributed by atoms with E-state index in [4.69, 9.17) is 0 Å². The highest BCUT2D eigenvalue weighted by Crippen LogP contribution is 2.52. The van der Waals surface area contributed by atoms with Gasteiger partial charge in [-0.2, -0.15) is 0 Å². The predicted octanol–water partition coefficient (Wildman–Crippen LogP) is 7.22. The first kappa shape index (κ1) is 18.6. The smallest absolute Gasteiger partial charge is 0.132 e. The summed E-state index contributed by atoms with van der Waals surface area (Å²) in [7, 11) is 2.21. The minimum Gasteiger partial charge on any atom is -0.349 e. The van der Waals surface area contributed by atoms with Gasteiger partial charge >= 0.3 is 0 Å². The molecule has 0 amide bonds. The van der Waals surface area contributed by atoms with Crippen molar-refractivity contribution in [3.8, 4) is 0 Å². The van der Waals surface area contributed by atoms with E-state index in [2.05, 4.69) is 117 Å². The zero-order valence-corrected chi connectivity index (χ0v) is 17.6. The molecule has 0 N–H and O–H groups in total. The summed E-state index contributed by atoms with van der Waals surface area (Å²) in [6.07, 6.45) is 0.149. The largest absolute Gasteiger partial charge is 0.349 e. The molecular formula is C26H30N2. The second kappa shape index (κ2) is 7.35. The molecule has 1 aliphatic heterocycles. The number of rotatable bonds is 4. The lowest BCUT2D eigenvalue weighted by atomic mass is 9.91. The van der Waals surface area contributed by atoms with Crippen molar-refractivity contribution >= 4 is 17.1 Å². The number of benzene rings is 3. The molecule has 144 valence electrons. The standard InChI is InChI=1S/C26H30N2/c1-18(2)21-14-11-15-22(19(3)4)25(21)28-24-17-10-9-16-23(24)27(5)26(28)20-12-7-6-8-13-20/h6-19,26H,1-5H3. The van der Waals surface area contributed by atoms with Gasteiger partial charge in [0, 0.05) is 7.05 Å². The van der Waals surface area contributed by atoms with Crippen molar-refractivity contribution in [1.82, 2.24) is 0 Å². The Bertz CT molecular complexity index is 933. The molecule has 28 heavy (non-hydrogen) atoms. The molecule has 1 atom stereocenters. The van der Waals surface area contributed by atoms with Crippen molar-refractivity contribution < 1.29 is 0 Å². The van der Waals surface area contributed by atoms with Crippen LogP contribution < -0.4 is 9.80 Å². The van der Waals surface area contributed by atoms with Crippen LogP contribution >= 0.6 is 0 Å². The molecule has 3 aromatic rings. The first-order valence-electron chi connectivity index (χ1n) is 10.3. The number of hydrogen-bond donors (Lipinski definition) is 0. The molecule has 0 fully saturated rings. The van der Waals surface area contributed by atoms with E-state index in [1.54, 1.807) is 0 Å². The van der Waals surface area contributed by atoms with Gasteiger partial charge in [0.15, 0.2) is 0 Å². The summed E-state index contributed by atoms with van der Waals surface area (Å²) in [6.45, 7) is 9.19. The molecular weight excluding hydrogens is 340 g/mol. The summed E-state index contributed by atoms with van der Waals surface area (Å²) in [5, 5.41) is 0. The third-order valence-corrected chi connectivity index (χ3v) is 5.81. The Balaban J connectivity index is 2.01. The van der Waals surface area contributed by atoms with Gasteiger partial charge in [-0.15, -0.1) is 0 Å². The topological polar surface area (TPSA) is 6.48 Å². The molecule has 0 saturated heterocycles. The Kier molecular flexibility index (Phi) is 4.89. The van der Waals surface area contributed by atoms with Crippen LogP contribution in [0.4, 0.5) is 17.1 Å². The van der Waals surface area contributed by atoms with E-state index in [9.17, 15) is 0 Å². The molecule has 0 bridgehead atoms. The van der Waals surface area contributed by atoms with Crippen molar-refractivity contribution in [3.05, 3.63) is 89.5 Å². The maximum absolute atomic E-state index is 2.56. The Morgan fingerprint density at radius 2 is 1.18 bits per heavy atom. The van der Waals surface area contributed by atoms with Gasteiger partial charge < -0.3 is 9.80 Å². The molecule has 3 aromatic carbocycles. The number of anilines is 3. The number of para-hydroxylation sites is 3. The average molecular weight is 371 g/mol. The summed E-state index contributed by atoms with van der Waals surface area (Å²) in [5.41, 5.74) is 8.08. The maximum Gasteiger partial charge on any atom is 0.132 e. The van der Waals surface area contributed by atoms with E-state index in [1.807, 2.05) is 0 Å². The van der Waals surface area contributed by atoms with Crippen LogP contribution in [0.1, 0.15) is 62.4 Å². The Hall–Kier alpha value is -2.74. The van der Waals surface area contributed by atoms with Gasteiger partial charge in [0.1, 0.15) is 6.17 Å². The summed E-state index contributed by atoms with van der Waals surface area (Å²) >= 11 is 0. The van der Waals surface area contributed by atoms with E-state index in [-0.39, 0.29) is 6.17 Å². The molecule has 0 saturated carbocycles. The number of fused-ring (bicyclic) bond motifs is 1. The summed E-state index contributed by atoms with van der Waals surface area (Å²) in [6, 6.07) is 26.5. The van der Waals surface area contributed by atoms with E-state index in [0.717, 1.165) is 0 Å². The van der Waals surface area contributed by atoms with Crippen LogP contribution in [0.5, 0.6) is 0 Å². The Labute approximate surface area is 169 Å². The Morgan fingerprint density at radius 3 is 1.75 bits per heavy atom. The number of hydrogen-bond acceptors (Lipinski definition) is 2. The lowest BCUT2D eigenvalue weighted by Gasteiger charge is -2.35. The predicted molar refractivity (Wildman–Crippen MR) is 121 cm³/mol. The van der Waals surface area contributed by atoms with Gasteiger partial charge in [-0.05, 0) is 40.7 Å². The van der Waals surface area contributed by atoms with E-state index in [1.165, 1.54) is 33.8 Å². The van der Waals surface area contributed by atoms with Crippen LogP contribution in [0.15, 0.2) is 72.8 Å². The average Bonchev–Trinajstić information content (AvgIpc) is 3.00. The van der Waals surface area contributed by atoms with Gasteiger partial charge in [-0.3, -0.25) is 0 Å². The van der Waals surface area contributed by atoms with Gasteiger partial charge in [0.05, 0.1) is 17.1 Å². The lowest BCUT2D eigenvalue weighted by molar-refractivity contribution is 0.703. The first-order chi connectivity index (χ1) is 13.5. The molecule has 0 spiro atoms. The molecule has 2 heteroatoms. The third kappa shape index (κ3) is 2.97. The monoisotopic (exact) mass is 370 g/mol. The molecule has 0 aromatic heterocycles. The quantitative estimate of drug-likeness (QED) is 0.478. The zero-order valence-electron chi connectivity index (χ0n) is 17.6. The summed E-state index contributed by atoms with van der Waals surface area (Å²) < 4.78 is 0. The van der Waals surface area contributed by atoms with Gasteiger partial charge in [0.25, 0.3) is 0 Å². The highest BCUT2D eigenvalue weighted by Gasteiger charge is 2.37. The van der Waals surface area contributed by atoms with Crippen LogP contribution in [0.3, 0.4) is 0 Å². The van der Waals surface area contributed by atoms with E-state index >= 15 is 0 Å². The minimum atomic E-state index is 0.149. The van der Waals surface area contributed by atoms with Crippen LogP contribution in [-0.2, 0) is 0 Å². The van der Waals surface area contributed by atoms with Crippen molar-refractivity contribution in [2.45, 2.75) is 45.7 Å². The van der Waals surface area contributed by atoms with Crippen molar-refractivity contribution in [1.29, 1.82) is 0 Å². The highest BCUT2D eigenvalue weighted by atomic mass is 15.4. The van der Waals surface area contributed by atoms with Gasteiger partial charge in [-0.1, -0.05) is 88.4 Å². The van der Waals surface area contributed by atoms with Crippen LogP contribution in [0.2, 0.25) is 0 Å². The molecule has 1 aliphatic rings. The first-order valence-corrected chi connectivity index (χ1v) is 10.3. The summed E-state index contributed by atoms with van der Waals surface area (Å²) in [4.78, 5) is 4.97. The van der Waals surface area contributed by atoms with Gasteiger partial charge in [0.2, 0.25) is 0 Å². The second-order valence-electron chi connectivity index (χ2n) is 8.35. The SMILES string of the molecule is CC(C)c1cccc(C(C)C)c1N1c2ccccc2N(C)C1c1ccccc1. The third-order valence-electron chi connectivity index (χ3n) is 5.81. The minimum absolute atomic E-state index is 0.149. The van der Waals surface area contributed by atoms with E-state index < -0.39 is 0 Å². The van der Waals surface area contributed by atoms with Crippen molar-refractivity contribution in [3.63, 3.8) is 0 Å². The Morgan fingerprint density at radius 1 is 0.643 bits per heavy atom. The molecule has 0 aliphatic carbocycles. The van der Waals surface area contributed by atoms with E-state index in [0.29, 0.717) is 11.8 Å². The molecule has 1 heterocycles. The fourth-order valence-corrected chi connectivity index (χ4v) is 4.43. The van der Waals surface area contributed by atoms with Crippen molar-refractivity contribution in [2.75, 3.05) is 16.8 Å². The molecule has 4 rings (SSSR count). The highest BCUT2D eigenvalue weighted by molar-refractivity contribution is 5.86. The normalized spacial score (nSPS) is 16.2. The molecule has 1 unspecified atom stereocenters. The van der Waals surface area contributed by atoms with Crippen LogP contribution in [0.25, 0.3) is 0 Å². The molecule has 0 radical (unpaired) electrons. The van der Waals surface area contributed by atoms with Crippen molar-refractivity contribution in [2.24, 2.45) is 0 Å². The second-order valence-corrected chi connectivity index (χ2v) is 8.35. The van der Waals surface area contributed by atoms with Crippen LogP contribution in [0, 0.1) is 0 Å². The maximum atomic E-state index is 2.56. The zero-order chi connectivity index (χ0) is 19.8. The molecule has 2 nitrogen and oxygen atoms in total. The van der Waals surface area contributed by atoms with Gasteiger partial charge in [-0.25, -0.2) is 0 Å². The lowest BCUT2D eigenvalue weighted by Crippen LogP contribution is -2.31.